The fourth-order valence-electron chi connectivity index (χ4n) is 3.17. The Hall–Kier alpha value is -2.43. The van der Waals surface area contributed by atoms with Crippen molar-refractivity contribution in [2.24, 2.45) is 5.92 Å². The molecular formula is C20H23FN2O2. The van der Waals surface area contributed by atoms with Crippen molar-refractivity contribution in [2.45, 2.75) is 25.7 Å². The summed E-state index contributed by atoms with van der Waals surface area (Å²) in [6, 6.07) is 10.2. The molecule has 0 radical (unpaired) electrons. The zero-order chi connectivity index (χ0) is 17.5. The summed E-state index contributed by atoms with van der Waals surface area (Å²) in [4.78, 5) is 18.2. The summed E-state index contributed by atoms with van der Waals surface area (Å²) in [5.41, 5.74) is 0.473. The SMILES string of the molecule is O=C(Cc1ccccc1F)N1CCC(CCOc2ccncc2)CC1. The van der Waals surface area contributed by atoms with Gasteiger partial charge in [0.15, 0.2) is 0 Å². The molecule has 1 saturated heterocycles. The number of carbonyl (C=O) groups is 1. The van der Waals surface area contributed by atoms with Crippen LogP contribution in [0.1, 0.15) is 24.8 Å². The van der Waals surface area contributed by atoms with Crippen molar-refractivity contribution in [2.75, 3.05) is 19.7 Å². The van der Waals surface area contributed by atoms with Gasteiger partial charge in [-0.25, -0.2) is 4.39 Å². The molecule has 0 bridgehead atoms. The Morgan fingerprint density at radius 3 is 2.60 bits per heavy atom. The first-order valence-electron chi connectivity index (χ1n) is 8.76. The number of carbonyl (C=O) groups excluding carboxylic acids is 1. The maximum atomic E-state index is 13.7. The van der Waals surface area contributed by atoms with Crippen molar-refractivity contribution in [3.05, 3.63) is 60.2 Å². The van der Waals surface area contributed by atoms with Crippen molar-refractivity contribution in [3.63, 3.8) is 0 Å². The molecule has 25 heavy (non-hydrogen) atoms. The van der Waals surface area contributed by atoms with Gasteiger partial charge < -0.3 is 9.64 Å². The smallest absolute Gasteiger partial charge is 0.227 e. The molecule has 0 saturated carbocycles. The van der Waals surface area contributed by atoms with Crippen molar-refractivity contribution >= 4 is 5.91 Å². The number of pyridine rings is 1. The summed E-state index contributed by atoms with van der Waals surface area (Å²) in [6.45, 7) is 2.16. The summed E-state index contributed by atoms with van der Waals surface area (Å²) in [5, 5.41) is 0. The molecular weight excluding hydrogens is 319 g/mol. The van der Waals surface area contributed by atoms with Crippen molar-refractivity contribution in [1.29, 1.82) is 0 Å². The molecule has 5 heteroatoms. The standard InChI is InChI=1S/C20H23FN2O2/c21-19-4-2-1-3-17(19)15-20(24)23-12-7-16(8-13-23)9-14-25-18-5-10-22-11-6-18/h1-6,10-11,16H,7-9,12-15H2. The van der Waals surface area contributed by atoms with Gasteiger partial charge in [0.25, 0.3) is 0 Å². The maximum Gasteiger partial charge on any atom is 0.227 e. The van der Waals surface area contributed by atoms with Crippen LogP contribution in [-0.4, -0.2) is 35.5 Å². The molecule has 1 aliphatic heterocycles. The molecule has 1 fully saturated rings. The Labute approximate surface area is 147 Å². The molecule has 3 rings (SSSR count). The van der Waals surface area contributed by atoms with Crippen LogP contribution >= 0.6 is 0 Å². The normalized spacial score (nSPS) is 15.2. The van der Waals surface area contributed by atoms with Crippen LogP contribution in [0.25, 0.3) is 0 Å². The number of hydrogen-bond donors (Lipinski definition) is 0. The quantitative estimate of drug-likeness (QED) is 0.807. The number of halogens is 1. The lowest BCUT2D eigenvalue weighted by atomic mass is 9.93. The van der Waals surface area contributed by atoms with Crippen LogP contribution in [0.15, 0.2) is 48.8 Å². The highest BCUT2D eigenvalue weighted by atomic mass is 19.1. The monoisotopic (exact) mass is 342 g/mol. The average Bonchev–Trinajstić information content (AvgIpc) is 2.65. The highest BCUT2D eigenvalue weighted by Gasteiger charge is 2.23. The molecule has 1 amide bonds. The molecule has 1 aliphatic rings. The van der Waals surface area contributed by atoms with E-state index in [2.05, 4.69) is 4.98 Å². The van der Waals surface area contributed by atoms with Gasteiger partial charge >= 0.3 is 0 Å². The lowest BCUT2D eigenvalue weighted by Gasteiger charge is -2.32. The molecule has 0 unspecified atom stereocenters. The number of benzene rings is 1. The van der Waals surface area contributed by atoms with Crippen molar-refractivity contribution < 1.29 is 13.9 Å². The van der Waals surface area contributed by atoms with E-state index in [0.717, 1.165) is 38.1 Å². The first kappa shape index (κ1) is 17.4. The predicted molar refractivity (Wildman–Crippen MR) is 93.8 cm³/mol. The van der Waals surface area contributed by atoms with Crippen LogP contribution in [0.5, 0.6) is 5.75 Å². The minimum absolute atomic E-state index is 0.0107. The van der Waals surface area contributed by atoms with Gasteiger partial charge in [-0.3, -0.25) is 9.78 Å². The lowest BCUT2D eigenvalue weighted by Crippen LogP contribution is -2.39. The molecule has 0 atom stereocenters. The molecule has 0 N–H and O–H groups in total. The average molecular weight is 342 g/mol. The first-order chi connectivity index (χ1) is 12.2. The highest BCUT2D eigenvalue weighted by Crippen LogP contribution is 2.22. The predicted octanol–water partition coefficient (Wildman–Crippen LogP) is 3.47. The van der Waals surface area contributed by atoms with E-state index in [9.17, 15) is 9.18 Å². The molecule has 132 valence electrons. The number of hydrogen-bond acceptors (Lipinski definition) is 3. The summed E-state index contributed by atoms with van der Waals surface area (Å²) in [5.74, 6) is 1.11. The summed E-state index contributed by atoms with van der Waals surface area (Å²) in [7, 11) is 0. The van der Waals surface area contributed by atoms with E-state index < -0.39 is 0 Å². The third-order valence-corrected chi connectivity index (χ3v) is 4.71. The first-order valence-corrected chi connectivity index (χ1v) is 8.76. The highest BCUT2D eigenvalue weighted by molar-refractivity contribution is 5.78. The molecule has 2 heterocycles. The van der Waals surface area contributed by atoms with Gasteiger partial charge in [-0.2, -0.15) is 0 Å². The summed E-state index contributed by atoms with van der Waals surface area (Å²) < 4.78 is 19.4. The van der Waals surface area contributed by atoms with E-state index in [1.54, 1.807) is 30.6 Å². The number of aromatic nitrogens is 1. The number of rotatable bonds is 6. The Kier molecular flexibility index (Phi) is 5.99. The third-order valence-electron chi connectivity index (χ3n) is 4.71. The fraction of sp³-hybridized carbons (Fsp3) is 0.400. The van der Waals surface area contributed by atoms with Gasteiger partial charge in [0.2, 0.25) is 5.91 Å². The number of nitrogens with zero attached hydrogens (tertiary/aromatic N) is 2. The molecule has 4 nitrogen and oxygen atoms in total. The Morgan fingerprint density at radius 2 is 1.88 bits per heavy atom. The van der Waals surface area contributed by atoms with Crippen LogP contribution in [-0.2, 0) is 11.2 Å². The van der Waals surface area contributed by atoms with Crippen LogP contribution in [0.4, 0.5) is 4.39 Å². The number of amides is 1. The van der Waals surface area contributed by atoms with E-state index in [0.29, 0.717) is 18.1 Å². The zero-order valence-electron chi connectivity index (χ0n) is 14.2. The number of ether oxygens (including phenoxy) is 1. The van der Waals surface area contributed by atoms with Crippen LogP contribution in [0, 0.1) is 11.7 Å². The zero-order valence-corrected chi connectivity index (χ0v) is 14.2. The third kappa shape index (κ3) is 5.02. The van der Waals surface area contributed by atoms with Gasteiger partial charge in [-0.15, -0.1) is 0 Å². The van der Waals surface area contributed by atoms with Crippen LogP contribution in [0.2, 0.25) is 0 Å². The van der Waals surface area contributed by atoms with Crippen LogP contribution in [0.3, 0.4) is 0 Å². The van der Waals surface area contributed by atoms with E-state index in [-0.39, 0.29) is 18.1 Å². The van der Waals surface area contributed by atoms with Crippen LogP contribution < -0.4 is 4.74 Å². The minimum Gasteiger partial charge on any atom is -0.493 e. The molecule has 1 aromatic carbocycles. The fourth-order valence-corrected chi connectivity index (χ4v) is 3.17. The van der Waals surface area contributed by atoms with Gasteiger partial charge in [-0.05, 0) is 48.9 Å². The Bertz CT molecular complexity index is 685. The van der Waals surface area contributed by atoms with Gasteiger partial charge in [0, 0.05) is 25.5 Å². The van der Waals surface area contributed by atoms with E-state index in [1.807, 2.05) is 17.0 Å². The van der Waals surface area contributed by atoms with Crippen molar-refractivity contribution in [1.82, 2.24) is 9.88 Å². The topological polar surface area (TPSA) is 42.4 Å². The van der Waals surface area contributed by atoms with Gasteiger partial charge in [0.1, 0.15) is 11.6 Å². The molecule has 0 aliphatic carbocycles. The number of piperidine rings is 1. The summed E-state index contributed by atoms with van der Waals surface area (Å²) >= 11 is 0. The second kappa shape index (κ2) is 8.60. The second-order valence-corrected chi connectivity index (χ2v) is 6.41. The molecule has 2 aromatic rings. The van der Waals surface area contributed by atoms with Gasteiger partial charge in [-0.1, -0.05) is 18.2 Å². The molecule has 0 spiro atoms. The van der Waals surface area contributed by atoms with E-state index in [4.69, 9.17) is 4.74 Å². The summed E-state index contributed by atoms with van der Waals surface area (Å²) in [6.07, 6.45) is 6.51. The van der Waals surface area contributed by atoms with Crippen molar-refractivity contribution in [3.8, 4) is 5.75 Å². The Balaban J connectivity index is 1.39. The minimum atomic E-state index is -0.306. The van der Waals surface area contributed by atoms with Gasteiger partial charge in [0.05, 0.1) is 13.0 Å². The molecule has 1 aromatic heterocycles. The van der Waals surface area contributed by atoms with E-state index in [1.165, 1.54) is 6.07 Å². The second-order valence-electron chi connectivity index (χ2n) is 6.41. The lowest BCUT2D eigenvalue weighted by molar-refractivity contribution is -0.131. The maximum absolute atomic E-state index is 13.7. The van der Waals surface area contributed by atoms with E-state index >= 15 is 0 Å². The Morgan fingerprint density at radius 1 is 1.16 bits per heavy atom. The largest absolute Gasteiger partial charge is 0.493 e. The number of likely N-dealkylation sites (tertiary alicyclic amines) is 1.